The second-order valence-corrected chi connectivity index (χ2v) is 8.24. The summed E-state index contributed by atoms with van der Waals surface area (Å²) in [6.45, 7) is 8.85. The molecule has 0 aromatic carbocycles. The lowest BCUT2D eigenvalue weighted by molar-refractivity contribution is -0.136. The van der Waals surface area contributed by atoms with Gasteiger partial charge in [0, 0.05) is 39.2 Å². The molecule has 2 heterocycles. The van der Waals surface area contributed by atoms with E-state index in [0.717, 1.165) is 39.0 Å². The Labute approximate surface area is 192 Å². The molecule has 174 valence electrons. The summed E-state index contributed by atoms with van der Waals surface area (Å²) in [5.74, 6) is 1.45. The van der Waals surface area contributed by atoms with Gasteiger partial charge in [0.05, 0.1) is 6.54 Å². The van der Waals surface area contributed by atoms with Crippen LogP contribution in [0.3, 0.4) is 0 Å². The van der Waals surface area contributed by atoms with Gasteiger partial charge in [-0.25, -0.2) is 0 Å². The summed E-state index contributed by atoms with van der Waals surface area (Å²) in [5.41, 5.74) is 6.09. The number of amides is 1. The van der Waals surface area contributed by atoms with E-state index < -0.39 is 0 Å². The van der Waals surface area contributed by atoms with Crippen LogP contribution in [0.4, 0.5) is 0 Å². The SMILES string of the molecule is CCOC(C)c1noc(CN2CCN(C(=O)CC3(CN)CCCCC3)CC2)n1.Cl.Cl. The van der Waals surface area contributed by atoms with Crippen LogP contribution >= 0.6 is 24.8 Å². The molecule has 1 aromatic rings. The van der Waals surface area contributed by atoms with E-state index in [0.29, 0.717) is 37.8 Å². The van der Waals surface area contributed by atoms with Crippen LogP contribution in [0, 0.1) is 5.41 Å². The number of rotatable bonds is 8. The molecule has 1 aliphatic heterocycles. The third kappa shape index (κ3) is 7.05. The molecule has 1 aromatic heterocycles. The van der Waals surface area contributed by atoms with Crippen molar-refractivity contribution in [3.63, 3.8) is 0 Å². The second kappa shape index (κ2) is 12.8. The third-order valence-corrected chi connectivity index (χ3v) is 6.22. The molecule has 30 heavy (non-hydrogen) atoms. The van der Waals surface area contributed by atoms with Gasteiger partial charge in [0.2, 0.25) is 11.8 Å². The highest BCUT2D eigenvalue weighted by Gasteiger charge is 2.35. The van der Waals surface area contributed by atoms with Crippen LogP contribution < -0.4 is 5.73 Å². The number of nitrogens with two attached hydrogens (primary N) is 1. The van der Waals surface area contributed by atoms with Crippen molar-refractivity contribution < 1.29 is 14.1 Å². The molecule has 10 heteroatoms. The van der Waals surface area contributed by atoms with Gasteiger partial charge < -0.3 is 19.9 Å². The van der Waals surface area contributed by atoms with Gasteiger partial charge in [-0.1, -0.05) is 24.4 Å². The molecule has 0 radical (unpaired) electrons. The van der Waals surface area contributed by atoms with E-state index >= 15 is 0 Å². The average molecular weight is 466 g/mol. The molecule has 1 amide bonds. The molecule has 2 aliphatic rings. The Hall–Kier alpha value is -0.930. The Bertz CT molecular complexity index is 632. The zero-order valence-corrected chi connectivity index (χ0v) is 19.8. The minimum Gasteiger partial charge on any atom is -0.371 e. The third-order valence-electron chi connectivity index (χ3n) is 6.22. The summed E-state index contributed by atoms with van der Waals surface area (Å²) in [6.07, 6.45) is 6.30. The minimum absolute atomic E-state index is 0. The van der Waals surface area contributed by atoms with Crippen LogP contribution in [-0.4, -0.2) is 65.2 Å². The van der Waals surface area contributed by atoms with E-state index in [2.05, 4.69) is 15.0 Å². The molecule has 0 spiro atoms. The van der Waals surface area contributed by atoms with E-state index in [4.69, 9.17) is 15.0 Å². The van der Waals surface area contributed by atoms with Crippen molar-refractivity contribution in [2.45, 2.75) is 65.0 Å². The maximum atomic E-state index is 12.8. The monoisotopic (exact) mass is 465 g/mol. The summed E-state index contributed by atoms with van der Waals surface area (Å²) in [7, 11) is 0. The Kier molecular flexibility index (Phi) is 11.6. The molecule has 1 atom stereocenters. The second-order valence-electron chi connectivity index (χ2n) is 8.24. The van der Waals surface area contributed by atoms with E-state index in [1.165, 1.54) is 19.3 Å². The summed E-state index contributed by atoms with van der Waals surface area (Å²) >= 11 is 0. The van der Waals surface area contributed by atoms with Crippen molar-refractivity contribution >= 4 is 30.7 Å². The number of carbonyl (C=O) groups is 1. The fraction of sp³-hybridized carbons (Fsp3) is 0.850. The van der Waals surface area contributed by atoms with Crippen LogP contribution in [0.25, 0.3) is 0 Å². The van der Waals surface area contributed by atoms with Crippen LogP contribution in [-0.2, 0) is 16.1 Å². The predicted molar refractivity (Wildman–Crippen MR) is 120 cm³/mol. The lowest BCUT2D eigenvalue weighted by Gasteiger charge is -2.39. The largest absolute Gasteiger partial charge is 0.371 e. The van der Waals surface area contributed by atoms with Crippen molar-refractivity contribution in [2.24, 2.45) is 11.1 Å². The maximum absolute atomic E-state index is 12.8. The summed E-state index contributed by atoms with van der Waals surface area (Å²) in [6, 6.07) is 0. The fourth-order valence-corrected chi connectivity index (χ4v) is 4.36. The summed E-state index contributed by atoms with van der Waals surface area (Å²) in [4.78, 5) is 21.5. The molecule has 1 saturated carbocycles. The molecule has 1 saturated heterocycles. The van der Waals surface area contributed by atoms with Gasteiger partial charge in [-0.2, -0.15) is 4.98 Å². The molecule has 2 fully saturated rings. The first-order valence-corrected chi connectivity index (χ1v) is 10.7. The van der Waals surface area contributed by atoms with Crippen LogP contribution in [0.2, 0.25) is 0 Å². The Balaban J connectivity index is 0.00000225. The first-order valence-electron chi connectivity index (χ1n) is 10.7. The van der Waals surface area contributed by atoms with E-state index in [-0.39, 0.29) is 42.2 Å². The smallest absolute Gasteiger partial charge is 0.240 e. The molecule has 2 N–H and O–H groups in total. The van der Waals surface area contributed by atoms with Crippen LogP contribution in [0.1, 0.15) is 70.2 Å². The summed E-state index contributed by atoms with van der Waals surface area (Å²) in [5, 5.41) is 4.01. The quantitative estimate of drug-likeness (QED) is 0.629. The predicted octanol–water partition coefficient (Wildman–Crippen LogP) is 2.95. The molecule has 3 rings (SSSR count). The number of piperazine rings is 1. The number of hydrogen-bond acceptors (Lipinski definition) is 7. The first kappa shape index (κ1) is 27.1. The molecule has 0 bridgehead atoms. The number of aromatic nitrogens is 2. The van der Waals surface area contributed by atoms with Crippen molar-refractivity contribution in [3.05, 3.63) is 11.7 Å². The van der Waals surface area contributed by atoms with Gasteiger partial charge in [0.1, 0.15) is 6.10 Å². The van der Waals surface area contributed by atoms with Crippen molar-refractivity contribution in [2.75, 3.05) is 39.3 Å². The highest BCUT2D eigenvalue weighted by molar-refractivity contribution is 5.85. The van der Waals surface area contributed by atoms with E-state index in [1.807, 2.05) is 18.7 Å². The average Bonchev–Trinajstić information content (AvgIpc) is 3.18. The molecular weight excluding hydrogens is 429 g/mol. The zero-order valence-electron chi connectivity index (χ0n) is 18.2. The van der Waals surface area contributed by atoms with Gasteiger partial charge in [-0.3, -0.25) is 9.69 Å². The summed E-state index contributed by atoms with van der Waals surface area (Å²) < 4.78 is 10.9. The lowest BCUT2D eigenvalue weighted by atomic mass is 9.71. The first-order chi connectivity index (χ1) is 13.5. The van der Waals surface area contributed by atoms with E-state index in [1.54, 1.807) is 0 Å². The number of hydrogen-bond donors (Lipinski definition) is 1. The Morgan fingerprint density at radius 2 is 1.87 bits per heavy atom. The molecule has 1 aliphatic carbocycles. The fourth-order valence-electron chi connectivity index (χ4n) is 4.36. The number of nitrogens with zero attached hydrogens (tertiary/aromatic N) is 4. The highest BCUT2D eigenvalue weighted by atomic mass is 35.5. The number of halogens is 2. The van der Waals surface area contributed by atoms with Gasteiger partial charge in [0.25, 0.3) is 0 Å². The maximum Gasteiger partial charge on any atom is 0.240 e. The normalized spacial score (nSPS) is 20.2. The zero-order chi connectivity index (χ0) is 20.0. The Morgan fingerprint density at radius 1 is 1.20 bits per heavy atom. The van der Waals surface area contributed by atoms with Crippen molar-refractivity contribution in [1.29, 1.82) is 0 Å². The Morgan fingerprint density at radius 3 is 2.47 bits per heavy atom. The van der Waals surface area contributed by atoms with Crippen LogP contribution in [0.15, 0.2) is 4.52 Å². The standard InChI is InChI=1S/C20H35N5O3.2ClH/c1-3-27-16(2)19-22-17(28-23-19)14-24-9-11-25(12-10-24)18(26)13-20(15-21)7-5-4-6-8-20;;/h16H,3-15,21H2,1-2H3;2*1H. The van der Waals surface area contributed by atoms with Gasteiger partial charge >= 0.3 is 0 Å². The molecule has 1 unspecified atom stereocenters. The number of carbonyl (C=O) groups excluding carboxylic acids is 1. The topological polar surface area (TPSA) is 97.7 Å². The lowest BCUT2D eigenvalue weighted by Crippen LogP contribution is -2.50. The van der Waals surface area contributed by atoms with Gasteiger partial charge in [-0.15, -0.1) is 24.8 Å². The molecule has 8 nitrogen and oxygen atoms in total. The van der Waals surface area contributed by atoms with Crippen molar-refractivity contribution in [3.8, 4) is 0 Å². The van der Waals surface area contributed by atoms with Crippen LogP contribution in [0.5, 0.6) is 0 Å². The van der Waals surface area contributed by atoms with Gasteiger partial charge in [0.15, 0.2) is 5.82 Å². The highest BCUT2D eigenvalue weighted by Crippen LogP contribution is 2.38. The van der Waals surface area contributed by atoms with Crippen molar-refractivity contribution in [1.82, 2.24) is 19.9 Å². The van der Waals surface area contributed by atoms with E-state index in [9.17, 15) is 4.79 Å². The number of ether oxygens (including phenoxy) is 1. The molecular formula is C20H37Cl2N5O3. The minimum atomic E-state index is -0.161. The van der Waals surface area contributed by atoms with Gasteiger partial charge in [-0.05, 0) is 38.6 Å².